The third-order valence-electron chi connectivity index (χ3n) is 3.37. The van der Waals surface area contributed by atoms with E-state index in [0.29, 0.717) is 6.54 Å². The average molecular weight is 256 g/mol. The molecule has 0 saturated carbocycles. The monoisotopic (exact) mass is 256 g/mol. The van der Waals surface area contributed by atoms with Crippen molar-refractivity contribution in [1.29, 1.82) is 0 Å². The molecule has 0 aliphatic rings. The van der Waals surface area contributed by atoms with Gasteiger partial charge in [-0.25, -0.2) is 0 Å². The highest BCUT2D eigenvalue weighted by molar-refractivity contribution is 5.95. The third-order valence-corrected chi connectivity index (χ3v) is 3.37. The van der Waals surface area contributed by atoms with Crippen LogP contribution in [0.4, 0.5) is 0 Å². The molecule has 0 fully saturated rings. The van der Waals surface area contributed by atoms with Crippen molar-refractivity contribution in [3.05, 3.63) is 52.8 Å². The zero-order valence-corrected chi connectivity index (χ0v) is 11.9. The first-order valence-corrected chi connectivity index (χ1v) is 6.59. The Morgan fingerprint density at radius 3 is 2.53 bits per heavy atom. The van der Waals surface area contributed by atoms with Gasteiger partial charge in [0.2, 0.25) is 0 Å². The SMILES string of the molecule is CCNC(=O)c1cc(C)n(-c2ccccc2C)c1C. The Morgan fingerprint density at radius 2 is 1.89 bits per heavy atom. The van der Waals surface area contributed by atoms with Gasteiger partial charge < -0.3 is 9.88 Å². The van der Waals surface area contributed by atoms with Gasteiger partial charge in [0, 0.05) is 23.6 Å². The van der Waals surface area contributed by atoms with E-state index in [1.807, 2.05) is 39.0 Å². The fourth-order valence-corrected chi connectivity index (χ4v) is 2.43. The molecule has 0 spiro atoms. The van der Waals surface area contributed by atoms with E-state index in [-0.39, 0.29) is 5.91 Å². The van der Waals surface area contributed by atoms with Gasteiger partial charge in [0.05, 0.1) is 5.56 Å². The molecule has 1 heterocycles. The van der Waals surface area contributed by atoms with E-state index in [0.717, 1.165) is 22.6 Å². The summed E-state index contributed by atoms with van der Waals surface area (Å²) in [7, 11) is 0. The number of benzene rings is 1. The van der Waals surface area contributed by atoms with Gasteiger partial charge in [-0.05, 0) is 45.4 Å². The molecule has 1 amide bonds. The van der Waals surface area contributed by atoms with Crippen molar-refractivity contribution in [2.75, 3.05) is 6.54 Å². The smallest absolute Gasteiger partial charge is 0.253 e. The largest absolute Gasteiger partial charge is 0.352 e. The molecule has 3 nitrogen and oxygen atoms in total. The molecule has 0 radical (unpaired) electrons. The Bertz CT molecular complexity index is 611. The van der Waals surface area contributed by atoms with Crippen molar-refractivity contribution < 1.29 is 4.79 Å². The molecular weight excluding hydrogens is 236 g/mol. The number of nitrogens with zero attached hydrogens (tertiary/aromatic N) is 1. The van der Waals surface area contributed by atoms with Crippen LogP contribution in [0.3, 0.4) is 0 Å². The predicted molar refractivity (Wildman–Crippen MR) is 78.0 cm³/mol. The highest BCUT2D eigenvalue weighted by Crippen LogP contribution is 2.23. The first-order valence-electron chi connectivity index (χ1n) is 6.59. The Morgan fingerprint density at radius 1 is 1.21 bits per heavy atom. The summed E-state index contributed by atoms with van der Waals surface area (Å²) >= 11 is 0. The minimum Gasteiger partial charge on any atom is -0.352 e. The molecule has 0 saturated heterocycles. The zero-order valence-electron chi connectivity index (χ0n) is 11.9. The molecule has 1 aromatic heterocycles. The Labute approximate surface area is 114 Å². The van der Waals surface area contributed by atoms with E-state index in [2.05, 4.69) is 28.9 Å². The molecule has 0 aliphatic heterocycles. The van der Waals surface area contributed by atoms with Crippen LogP contribution in [0.25, 0.3) is 5.69 Å². The number of carbonyl (C=O) groups excluding carboxylic acids is 1. The number of rotatable bonds is 3. The van der Waals surface area contributed by atoms with Crippen molar-refractivity contribution in [3.8, 4) is 5.69 Å². The summed E-state index contributed by atoms with van der Waals surface area (Å²) in [4.78, 5) is 12.0. The molecule has 0 atom stereocenters. The van der Waals surface area contributed by atoms with Crippen LogP contribution < -0.4 is 5.32 Å². The standard InChI is InChI=1S/C16H20N2O/c1-5-17-16(19)14-10-12(3)18(13(14)4)15-9-7-6-8-11(15)2/h6-10H,5H2,1-4H3,(H,17,19). The van der Waals surface area contributed by atoms with Crippen LogP contribution in [0.15, 0.2) is 30.3 Å². The van der Waals surface area contributed by atoms with Crippen molar-refractivity contribution in [1.82, 2.24) is 9.88 Å². The highest BCUT2D eigenvalue weighted by atomic mass is 16.1. The number of amides is 1. The summed E-state index contributed by atoms with van der Waals surface area (Å²) in [6.45, 7) is 8.68. The number of hydrogen-bond donors (Lipinski definition) is 1. The number of aryl methyl sites for hydroxylation is 2. The van der Waals surface area contributed by atoms with Crippen molar-refractivity contribution in [2.45, 2.75) is 27.7 Å². The van der Waals surface area contributed by atoms with Gasteiger partial charge in [-0.15, -0.1) is 0 Å². The van der Waals surface area contributed by atoms with Gasteiger partial charge in [-0.1, -0.05) is 18.2 Å². The third kappa shape index (κ3) is 2.41. The Balaban J connectivity index is 2.54. The van der Waals surface area contributed by atoms with Crippen molar-refractivity contribution >= 4 is 5.91 Å². The fourth-order valence-electron chi connectivity index (χ4n) is 2.43. The lowest BCUT2D eigenvalue weighted by Crippen LogP contribution is -2.23. The second kappa shape index (κ2) is 5.31. The van der Waals surface area contributed by atoms with Gasteiger partial charge >= 0.3 is 0 Å². The zero-order chi connectivity index (χ0) is 14.0. The van der Waals surface area contributed by atoms with E-state index >= 15 is 0 Å². The maximum absolute atomic E-state index is 12.0. The Kier molecular flexibility index (Phi) is 3.74. The fraction of sp³-hybridized carbons (Fsp3) is 0.312. The number of nitrogens with one attached hydrogen (secondary N) is 1. The van der Waals surface area contributed by atoms with Crippen LogP contribution in [0.1, 0.15) is 34.2 Å². The van der Waals surface area contributed by atoms with E-state index in [9.17, 15) is 4.79 Å². The van der Waals surface area contributed by atoms with Crippen LogP contribution in [-0.2, 0) is 0 Å². The summed E-state index contributed by atoms with van der Waals surface area (Å²) in [6, 6.07) is 10.2. The lowest BCUT2D eigenvalue weighted by Gasteiger charge is -2.12. The van der Waals surface area contributed by atoms with Crippen molar-refractivity contribution in [2.24, 2.45) is 0 Å². The first-order chi connectivity index (χ1) is 9.06. The number of hydrogen-bond acceptors (Lipinski definition) is 1. The molecule has 0 aliphatic carbocycles. The first kappa shape index (κ1) is 13.4. The molecule has 1 N–H and O–H groups in total. The molecule has 1 aromatic carbocycles. The van der Waals surface area contributed by atoms with Crippen LogP contribution in [-0.4, -0.2) is 17.0 Å². The molecule has 100 valence electrons. The lowest BCUT2D eigenvalue weighted by molar-refractivity contribution is 0.0955. The van der Waals surface area contributed by atoms with Crippen molar-refractivity contribution in [3.63, 3.8) is 0 Å². The summed E-state index contributed by atoms with van der Waals surface area (Å²) < 4.78 is 2.14. The highest BCUT2D eigenvalue weighted by Gasteiger charge is 2.16. The quantitative estimate of drug-likeness (QED) is 0.899. The Hall–Kier alpha value is -2.03. The second-order valence-corrected chi connectivity index (χ2v) is 4.77. The van der Waals surface area contributed by atoms with E-state index in [4.69, 9.17) is 0 Å². The van der Waals surface area contributed by atoms with Crippen LogP contribution in [0.5, 0.6) is 0 Å². The van der Waals surface area contributed by atoms with E-state index < -0.39 is 0 Å². The molecule has 3 heteroatoms. The minimum absolute atomic E-state index is 0.00423. The minimum atomic E-state index is -0.00423. The molecule has 0 bridgehead atoms. The van der Waals surface area contributed by atoms with Gasteiger partial charge in [-0.3, -0.25) is 4.79 Å². The second-order valence-electron chi connectivity index (χ2n) is 4.77. The maximum Gasteiger partial charge on any atom is 0.253 e. The molecular formula is C16H20N2O. The van der Waals surface area contributed by atoms with Crippen LogP contribution in [0.2, 0.25) is 0 Å². The summed E-state index contributed by atoms with van der Waals surface area (Å²) in [5, 5.41) is 2.86. The lowest BCUT2D eigenvalue weighted by atomic mass is 10.2. The molecule has 2 aromatic rings. The number of carbonyl (C=O) groups is 1. The summed E-state index contributed by atoms with van der Waals surface area (Å²) in [6.07, 6.45) is 0. The number of aromatic nitrogens is 1. The van der Waals surface area contributed by atoms with Gasteiger partial charge in [0.1, 0.15) is 0 Å². The predicted octanol–water partition coefficient (Wildman–Crippen LogP) is 3.15. The van der Waals surface area contributed by atoms with Gasteiger partial charge in [0.25, 0.3) is 5.91 Å². The van der Waals surface area contributed by atoms with Gasteiger partial charge in [0.15, 0.2) is 0 Å². The van der Waals surface area contributed by atoms with E-state index in [1.165, 1.54) is 5.56 Å². The summed E-state index contributed by atoms with van der Waals surface area (Å²) in [5.41, 5.74) is 5.15. The summed E-state index contributed by atoms with van der Waals surface area (Å²) in [5.74, 6) is -0.00423. The van der Waals surface area contributed by atoms with E-state index in [1.54, 1.807) is 0 Å². The average Bonchev–Trinajstić information content (AvgIpc) is 2.66. The molecule has 0 unspecified atom stereocenters. The topological polar surface area (TPSA) is 34.0 Å². The maximum atomic E-state index is 12.0. The normalized spacial score (nSPS) is 10.5. The van der Waals surface area contributed by atoms with Crippen LogP contribution >= 0.6 is 0 Å². The molecule has 19 heavy (non-hydrogen) atoms. The molecule has 2 rings (SSSR count). The van der Waals surface area contributed by atoms with Crippen LogP contribution in [0, 0.1) is 20.8 Å². The number of para-hydroxylation sites is 1. The van der Waals surface area contributed by atoms with Gasteiger partial charge in [-0.2, -0.15) is 0 Å².